The van der Waals surface area contributed by atoms with E-state index in [1.807, 2.05) is 13.0 Å². The number of rotatable bonds is 9. The van der Waals surface area contributed by atoms with E-state index in [0.29, 0.717) is 18.9 Å². The van der Waals surface area contributed by atoms with Crippen molar-refractivity contribution < 1.29 is 21.6 Å². The lowest BCUT2D eigenvalue weighted by atomic mass is 9.77. The van der Waals surface area contributed by atoms with Gasteiger partial charge in [0.2, 0.25) is 20.0 Å². The fraction of sp³-hybridized carbons (Fsp3) is 0.739. The molecule has 2 saturated heterocycles. The maximum absolute atomic E-state index is 13.3. The van der Waals surface area contributed by atoms with Gasteiger partial charge in [0, 0.05) is 38.3 Å². The average molecular weight is 500 g/mol. The summed E-state index contributed by atoms with van der Waals surface area (Å²) in [5, 5.41) is 0. The minimum Gasteiger partial charge on any atom is -0.497 e. The second-order valence-electron chi connectivity index (χ2n) is 9.52. The van der Waals surface area contributed by atoms with Gasteiger partial charge in [0.15, 0.2) is 0 Å². The third-order valence-electron chi connectivity index (χ3n) is 7.35. The van der Waals surface area contributed by atoms with Gasteiger partial charge in [0.1, 0.15) is 5.75 Å². The monoisotopic (exact) mass is 499 g/mol. The molecule has 1 N–H and O–H groups in total. The van der Waals surface area contributed by atoms with Crippen molar-refractivity contribution in [3.05, 3.63) is 29.3 Å². The molecule has 1 aromatic rings. The molecule has 8 nitrogen and oxygen atoms in total. The first-order valence-corrected chi connectivity index (χ1v) is 15.4. The predicted octanol–water partition coefficient (Wildman–Crippen LogP) is 2.13. The van der Waals surface area contributed by atoms with Crippen LogP contribution in [0.15, 0.2) is 18.2 Å². The summed E-state index contributed by atoms with van der Waals surface area (Å²) in [7, 11) is -5.08. The summed E-state index contributed by atoms with van der Waals surface area (Å²) in [5.74, 6) is 1.27. The van der Waals surface area contributed by atoms with E-state index < -0.39 is 20.0 Å². The third-order valence-corrected chi connectivity index (χ3v) is 10.9. The van der Waals surface area contributed by atoms with Crippen molar-refractivity contribution in [1.29, 1.82) is 0 Å². The van der Waals surface area contributed by atoms with Crippen molar-refractivity contribution >= 4 is 20.0 Å². The van der Waals surface area contributed by atoms with E-state index in [9.17, 15) is 16.8 Å². The lowest BCUT2D eigenvalue weighted by molar-refractivity contribution is 0.0219. The number of piperidine rings is 2. The fourth-order valence-corrected chi connectivity index (χ4v) is 8.76. The number of benzene rings is 1. The maximum atomic E-state index is 13.3. The lowest BCUT2D eigenvalue weighted by Crippen LogP contribution is -2.57. The van der Waals surface area contributed by atoms with Gasteiger partial charge < -0.3 is 4.74 Å². The lowest BCUT2D eigenvalue weighted by Gasteiger charge is -2.51. The van der Waals surface area contributed by atoms with Crippen LogP contribution in [0.4, 0.5) is 0 Å². The molecular weight excluding hydrogens is 462 g/mol. The smallest absolute Gasteiger partial charge is 0.214 e. The predicted molar refractivity (Wildman–Crippen MR) is 129 cm³/mol. The van der Waals surface area contributed by atoms with Gasteiger partial charge in [-0.25, -0.2) is 21.6 Å². The number of hydrogen-bond donors (Lipinski definition) is 1. The Balaban J connectivity index is 1.45. The number of sulfonamides is 2. The van der Waals surface area contributed by atoms with E-state index in [0.717, 1.165) is 44.5 Å². The van der Waals surface area contributed by atoms with Crippen LogP contribution in [0.5, 0.6) is 5.75 Å². The van der Waals surface area contributed by atoms with E-state index in [1.165, 1.54) is 11.1 Å². The molecule has 0 unspecified atom stereocenters. The largest absolute Gasteiger partial charge is 0.497 e. The standard InChI is InChI=1S/C23H37N3O5S2/c1-3-13-32(27,28)24-10-5-14-33(29,30)26-11-4-6-19-17-25-12-9-18-15-20(31-2)7-8-21(18)23(25)16-22(19)26/h7-8,15,19,22-24H,3-6,9-14,16-17H2,1-2H3/t19-,22+,23-/m0/s1. The van der Waals surface area contributed by atoms with E-state index in [-0.39, 0.29) is 36.6 Å². The molecule has 0 amide bonds. The quantitative estimate of drug-likeness (QED) is 0.523. The highest BCUT2D eigenvalue weighted by Gasteiger charge is 2.45. The van der Waals surface area contributed by atoms with Crippen LogP contribution in [0.3, 0.4) is 0 Å². The van der Waals surface area contributed by atoms with Crippen LogP contribution in [0.1, 0.15) is 56.2 Å². The Kier molecular flexibility index (Phi) is 7.69. The highest BCUT2D eigenvalue weighted by atomic mass is 32.2. The van der Waals surface area contributed by atoms with Crippen LogP contribution < -0.4 is 9.46 Å². The topological polar surface area (TPSA) is 96.0 Å². The Morgan fingerprint density at radius 3 is 2.73 bits per heavy atom. The molecule has 3 heterocycles. The second-order valence-corrected chi connectivity index (χ2v) is 13.5. The molecule has 0 spiro atoms. The van der Waals surface area contributed by atoms with Gasteiger partial charge in [0.25, 0.3) is 0 Å². The highest BCUT2D eigenvalue weighted by Crippen LogP contribution is 2.44. The first-order valence-electron chi connectivity index (χ1n) is 12.1. The summed E-state index contributed by atoms with van der Waals surface area (Å²) in [6.45, 7) is 4.47. The highest BCUT2D eigenvalue weighted by molar-refractivity contribution is 7.89. The number of nitrogens with zero attached hydrogens (tertiary/aromatic N) is 2. The van der Waals surface area contributed by atoms with Gasteiger partial charge in [-0.3, -0.25) is 4.90 Å². The van der Waals surface area contributed by atoms with Gasteiger partial charge in [-0.1, -0.05) is 13.0 Å². The third kappa shape index (κ3) is 5.56. The Hall–Kier alpha value is -1.20. The first-order chi connectivity index (χ1) is 15.7. The van der Waals surface area contributed by atoms with Crippen LogP contribution in [0, 0.1) is 5.92 Å². The number of methoxy groups -OCH3 is 1. The Morgan fingerprint density at radius 1 is 1.15 bits per heavy atom. The van der Waals surface area contributed by atoms with Crippen LogP contribution in [-0.4, -0.2) is 76.9 Å². The minimum atomic E-state index is -3.45. The molecule has 0 radical (unpaired) electrons. The van der Waals surface area contributed by atoms with Gasteiger partial charge in [-0.05, 0) is 67.7 Å². The van der Waals surface area contributed by atoms with Crippen molar-refractivity contribution in [3.8, 4) is 5.75 Å². The van der Waals surface area contributed by atoms with Crippen LogP contribution in [0.2, 0.25) is 0 Å². The molecule has 3 atom stereocenters. The molecule has 0 saturated carbocycles. The van der Waals surface area contributed by atoms with E-state index in [2.05, 4.69) is 21.8 Å². The molecule has 2 fully saturated rings. The average Bonchev–Trinajstić information content (AvgIpc) is 2.79. The molecule has 33 heavy (non-hydrogen) atoms. The van der Waals surface area contributed by atoms with Crippen molar-refractivity contribution in [2.75, 3.05) is 44.8 Å². The number of fused-ring (bicyclic) bond motifs is 4. The molecule has 10 heteroatoms. The van der Waals surface area contributed by atoms with Gasteiger partial charge >= 0.3 is 0 Å². The fourth-order valence-electron chi connectivity index (χ4n) is 5.80. The van der Waals surface area contributed by atoms with Crippen LogP contribution in [0.25, 0.3) is 0 Å². The first kappa shape index (κ1) is 24.9. The summed E-state index contributed by atoms with van der Waals surface area (Å²) in [6.07, 6.45) is 4.58. The molecule has 0 aromatic heterocycles. The Morgan fingerprint density at radius 2 is 1.97 bits per heavy atom. The van der Waals surface area contributed by atoms with Crippen molar-refractivity contribution in [2.24, 2.45) is 5.92 Å². The van der Waals surface area contributed by atoms with Gasteiger partial charge in [0.05, 0.1) is 18.6 Å². The molecule has 1 aromatic carbocycles. The number of nitrogens with one attached hydrogen (secondary N) is 1. The van der Waals surface area contributed by atoms with Crippen molar-refractivity contribution in [3.63, 3.8) is 0 Å². The second kappa shape index (κ2) is 10.2. The Bertz CT molecular complexity index is 1040. The molecule has 4 rings (SSSR count). The van der Waals surface area contributed by atoms with Crippen molar-refractivity contribution in [1.82, 2.24) is 13.9 Å². The van der Waals surface area contributed by atoms with E-state index in [4.69, 9.17) is 4.74 Å². The normalized spacial score (nSPS) is 26.3. The number of hydrogen-bond acceptors (Lipinski definition) is 6. The van der Waals surface area contributed by atoms with E-state index >= 15 is 0 Å². The number of ether oxygens (including phenoxy) is 1. The molecule has 3 aliphatic heterocycles. The summed E-state index contributed by atoms with van der Waals surface area (Å²) in [4.78, 5) is 2.54. The van der Waals surface area contributed by atoms with Gasteiger partial charge in [-0.2, -0.15) is 4.31 Å². The maximum Gasteiger partial charge on any atom is 0.214 e. The zero-order valence-corrected chi connectivity index (χ0v) is 21.3. The molecule has 0 bridgehead atoms. The molecule has 186 valence electrons. The van der Waals surface area contributed by atoms with E-state index in [1.54, 1.807) is 11.4 Å². The zero-order valence-electron chi connectivity index (χ0n) is 19.7. The minimum absolute atomic E-state index is 0.00911. The van der Waals surface area contributed by atoms with Crippen LogP contribution in [-0.2, 0) is 26.5 Å². The van der Waals surface area contributed by atoms with Gasteiger partial charge in [-0.15, -0.1) is 0 Å². The summed E-state index contributed by atoms with van der Waals surface area (Å²) < 4.78 is 59.9. The van der Waals surface area contributed by atoms with Crippen molar-refractivity contribution in [2.45, 2.75) is 57.5 Å². The molecule has 0 aliphatic carbocycles. The molecular formula is C23H37N3O5S2. The molecule has 3 aliphatic rings. The zero-order chi connectivity index (χ0) is 23.6. The summed E-state index contributed by atoms with van der Waals surface area (Å²) in [5.41, 5.74) is 2.60. The SMILES string of the molecule is CCCS(=O)(=O)NCCCS(=O)(=O)N1CCC[C@H]2CN3CCc4cc(OC)ccc4[C@@H]3C[C@H]21. The Labute approximate surface area is 198 Å². The van der Waals surface area contributed by atoms with Crippen LogP contribution >= 0.6 is 0 Å². The summed E-state index contributed by atoms with van der Waals surface area (Å²) in [6, 6.07) is 6.51. The summed E-state index contributed by atoms with van der Waals surface area (Å²) >= 11 is 0.